The second kappa shape index (κ2) is 5.85. The molecule has 1 heterocycles. The van der Waals surface area contributed by atoms with E-state index in [0.29, 0.717) is 19.0 Å². The quantitative estimate of drug-likeness (QED) is 0.668. The molecule has 0 saturated carbocycles. The van der Waals surface area contributed by atoms with E-state index in [0.717, 1.165) is 25.0 Å². The summed E-state index contributed by atoms with van der Waals surface area (Å²) in [5.74, 6) is -0.511. The lowest BCUT2D eigenvalue weighted by Crippen LogP contribution is -2.41. The summed E-state index contributed by atoms with van der Waals surface area (Å²) in [6.45, 7) is 3.41. The second-order valence-electron chi connectivity index (χ2n) is 5.05. The van der Waals surface area contributed by atoms with Crippen LogP contribution >= 0.6 is 0 Å². The molecule has 20 heavy (non-hydrogen) atoms. The molecule has 1 unspecified atom stereocenters. The molecule has 0 aliphatic carbocycles. The van der Waals surface area contributed by atoms with Crippen molar-refractivity contribution in [2.45, 2.75) is 19.8 Å². The van der Waals surface area contributed by atoms with Gasteiger partial charge in [0, 0.05) is 30.9 Å². The normalized spacial score (nSPS) is 18.7. The highest BCUT2D eigenvalue weighted by Crippen LogP contribution is 2.22. The molecule has 1 N–H and O–H groups in total. The Hall–Kier alpha value is -2.18. The largest absolute Gasteiger partial charge is 0.324 e. The average molecular weight is 281 g/mol. The summed E-state index contributed by atoms with van der Waals surface area (Å²) in [7, 11) is 0. The first-order valence-corrected chi connectivity index (χ1v) is 6.47. The van der Waals surface area contributed by atoms with Gasteiger partial charge in [0.05, 0.1) is 4.92 Å². The summed E-state index contributed by atoms with van der Waals surface area (Å²) >= 11 is 0. The van der Waals surface area contributed by atoms with E-state index in [9.17, 15) is 19.3 Å². The third-order valence-electron chi connectivity index (χ3n) is 3.34. The number of anilines is 1. The molecule has 2 rings (SSSR count). The molecule has 1 aliphatic heterocycles. The molecule has 0 radical (unpaired) electrons. The van der Waals surface area contributed by atoms with Gasteiger partial charge in [0.2, 0.25) is 5.82 Å². The summed E-state index contributed by atoms with van der Waals surface area (Å²) in [6, 6.07) is 3.03. The minimum absolute atomic E-state index is 0.219. The number of rotatable bonds is 2. The fourth-order valence-corrected chi connectivity index (χ4v) is 2.31. The van der Waals surface area contributed by atoms with Crippen molar-refractivity contribution in [3.05, 3.63) is 34.1 Å². The predicted molar refractivity (Wildman–Crippen MR) is 72.0 cm³/mol. The number of carbonyl (C=O) groups excluding carboxylic acids is 1. The molecular weight excluding hydrogens is 265 g/mol. The highest BCUT2D eigenvalue weighted by atomic mass is 19.1. The summed E-state index contributed by atoms with van der Waals surface area (Å²) in [6.07, 6.45) is 2.04. The Morgan fingerprint density at radius 3 is 2.90 bits per heavy atom. The SMILES string of the molecule is CC1CCCN(C(=O)Nc2ccc([N+](=O)[O-])c(F)c2)C1. The Labute approximate surface area is 115 Å². The van der Waals surface area contributed by atoms with Crippen LogP contribution in [0.5, 0.6) is 0 Å². The van der Waals surface area contributed by atoms with Gasteiger partial charge in [-0.3, -0.25) is 10.1 Å². The van der Waals surface area contributed by atoms with Crippen LogP contribution in [0.4, 0.5) is 20.6 Å². The van der Waals surface area contributed by atoms with Gasteiger partial charge in [-0.05, 0) is 24.8 Å². The summed E-state index contributed by atoms with van der Waals surface area (Å²) in [5, 5.41) is 13.1. The van der Waals surface area contributed by atoms with Gasteiger partial charge in [0.15, 0.2) is 0 Å². The van der Waals surface area contributed by atoms with E-state index in [2.05, 4.69) is 12.2 Å². The van der Waals surface area contributed by atoms with Crippen molar-refractivity contribution in [2.24, 2.45) is 5.92 Å². The molecule has 108 valence electrons. The fraction of sp³-hybridized carbons (Fsp3) is 0.462. The molecule has 1 aromatic rings. The van der Waals surface area contributed by atoms with E-state index in [4.69, 9.17) is 0 Å². The molecule has 1 fully saturated rings. The Bertz CT molecular complexity index is 536. The van der Waals surface area contributed by atoms with Crippen LogP contribution in [0.15, 0.2) is 18.2 Å². The van der Waals surface area contributed by atoms with Crippen LogP contribution in [-0.2, 0) is 0 Å². The molecular formula is C13H16FN3O3. The van der Waals surface area contributed by atoms with Crippen LogP contribution < -0.4 is 5.32 Å². The van der Waals surface area contributed by atoms with E-state index in [-0.39, 0.29) is 11.7 Å². The maximum atomic E-state index is 13.4. The number of nitrogens with one attached hydrogen (secondary N) is 1. The van der Waals surface area contributed by atoms with E-state index in [1.54, 1.807) is 4.90 Å². The van der Waals surface area contributed by atoms with Gasteiger partial charge in [0.1, 0.15) is 0 Å². The Kier molecular flexibility index (Phi) is 4.16. The van der Waals surface area contributed by atoms with Crippen molar-refractivity contribution in [1.82, 2.24) is 4.90 Å². The number of halogens is 1. The van der Waals surface area contributed by atoms with E-state index < -0.39 is 16.4 Å². The number of hydrogen-bond acceptors (Lipinski definition) is 3. The Morgan fingerprint density at radius 1 is 1.55 bits per heavy atom. The Morgan fingerprint density at radius 2 is 2.30 bits per heavy atom. The van der Waals surface area contributed by atoms with E-state index >= 15 is 0 Å². The topological polar surface area (TPSA) is 75.5 Å². The molecule has 1 saturated heterocycles. The van der Waals surface area contributed by atoms with Gasteiger partial charge in [-0.15, -0.1) is 0 Å². The number of likely N-dealkylation sites (tertiary alicyclic amines) is 1. The van der Waals surface area contributed by atoms with Crippen molar-refractivity contribution in [2.75, 3.05) is 18.4 Å². The number of carbonyl (C=O) groups is 1. The number of nitrogens with zero attached hydrogens (tertiary/aromatic N) is 2. The van der Waals surface area contributed by atoms with Gasteiger partial charge < -0.3 is 10.2 Å². The predicted octanol–water partition coefficient (Wildman–Crippen LogP) is 3.00. The highest BCUT2D eigenvalue weighted by molar-refractivity contribution is 5.89. The third-order valence-corrected chi connectivity index (χ3v) is 3.34. The van der Waals surface area contributed by atoms with Gasteiger partial charge in [0.25, 0.3) is 0 Å². The zero-order valence-electron chi connectivity index (χ0n) is 11.1. The Balaban J connectivity index is 2.04. The van der Waals surface area contributed by atoms with Gasteiger partial charge in [-0.25, -0.2) is 4.79 Å². The van der Waals surface area contributed by atoms with Gasteiger partial charge in [-0.1, -0.05) is 6.92 Å². The molecule has 1 aromatic carbocycles. The van der Waals surface area contributed by atoms with Crippen molar-refractivity contribution in [3.63, 3.8) is 0 Å². The zero-order valence-corrected chi connectivity index (χ0v) is 11.1. The summed E-state index contributed by atoms with van der Waals surface area (Å²) in [4.78, 5) is 23.4. The van der Waals surface area contributed by atoms with Crippen molar-refractivity contribution in [1.29, 1.82) is 0 Å². The molecule has 1 aliphatic rings. The zero-order chi connectivity index (χ0) is 14.7. The number of benzene rings is 1. The minimum atomic E-state index is -0.959. The average Bonchev–Trinajstić information content (AvgIpc) is 2.38. The smallest absolute Gasteiger partial charge is 0.321 e. The standard InChI is InChI=1S/C13H16FN3O3/c1-9-3-2-6-16(8-9)13(18)15-10-4-5-12(17(19)20)11(14)7-10/h4-5,7,9H,2-3,6,8H2,1H3,(H,15,18). The number of piperidine rings is 1. The molecule has 7 heteroatoms. The van der Waals surface area contributed by atoms with Crippen LogP contribution in [0, 0.1) is 21.8 Å². The summed E-state index contributed by atoms with van der Waals surface area (Å²) in [5.41, 5.74) is -0.383. The number of urea groups is 1. The van der Waals surface area contributed by atoms with Crippen LogP contribution in [0.2, 0.25) is 0 Å². The lowest BCUT2D eigenvalue weighted by atomic mass is 10.0. The number of nitro benzene ring substituents is 1. The lowest BCUT2D eigenvalue weighted by Gasteiger charge is -2.30. The first-order chi connectivity index (χ1) is 9.47. The van der Waals surface area contributed by atoms with E-state index in [1.165, 1.54) is 6.07 Å². The third kappa shape index (κ3) is 3.23. The van der Waals surface area contributed by atoms with Crippen molar-refractivity contribution in [3.8, 4) is 0 Å². The fourth-order valence-electron chi connectivity index (χ4n) is 2.31. The van der Waals surface area contributed by atoms with E-state index in [1.807, 2.05) is 0 Å². The second-order valence-corrected chi connectivity index (χ2v) is 5.05. The molecule has 0 aromatic heterocycles. The van der Waals surface area contributed by atoms with Crippen LogP contribution in [0.1, 0.15) is 19.8 Å². The summed E-state index contributed by atoms with van der Waals surface area (Å²) < 4.78 is 13.4. The monoisotopic (exact) mass is 281 g/mol. The van der Waals surface area contributed by atoms with Crippen LogP contribution in [0.25, 0.3) is 0 Å². The molecule has 0 bridgehead atoms. The van der Waals surface area contributed by atoms with Gasteiger partial charge >= 0.3 is 11.7 Å². The number of nitro groups is 1. The van der Waals surface area contributed by atoms with Crippen molar-refractivity contribution >= 4 is 17.4 Å². The number of amides is 2. The molecule has 2 amide bonds. The van der Waals surface area contributed by atoms with Gasteiger partial charge in [-0.2, -0.15) is 4.39 Å². The molecule has 0 spiro atoms. The van der Waals surface area contributed by atoms with Crippen LogP contribution in [-0.4, -0.2) is 28.9 Å². The first-order valence-electron chi connectivity index (χ1n) is 6.47. The first kappa shape index (κ1) is 14.2. The highest BCUT2D eigenvalue weighted by Gasteiger charge is 2.21. The van der Waals surface area contributed by atoms with Crippen LogP contribution in [0.3, 0.4) is 0 Å². The minimum Gasteiger partial charge on any atom is -0.324 e. The lowest BCUT2D eigenvalue weighted by molar-refractivity contribution is -0.387. The molecule has 1 atom stereocenters. The molecule has 6 nitrogen and oxygen atoms in total. The number of hydrogen-bond donors (Lipinski definition) is 1. The maximum Gasteiger partial charge on any atom is 0.321 e. The maximum absolute atomic E-state index is 13.4. The van der Waals surface area contributed by atoms with Crippen molar-refractivity contribution < 1.29 is 14.1 Å².